The predicted octanol–water partition coefficient (Wildman–Crippen LogP) is 0.110. The first kappa shape index (κ1) is 13.5. The maximum Gasteiger partial charge on any atom is 0.321 e. The second-order valence-corrected chi connectivity index (χ2v) is 4.97. The smallest absolute Gasteiger partial charge is 0.321 e. The van der Waals surface area contributed by atoms with Crippen molar-refractivity contribution in [3.05, 3.63) is 24.3 Å². The highest BCUT2D eigenvalue weighted by atomic mass is 32.2. The fraction of sp³-hybridized carbons (Fsp3) is 0.300. The van der Waals surface area contributed by atoms with Gasteiger partial charge >= 0.3 is 5.97 Å². The van der Waals surface area contributed by atoms with Crippen molar-refractivity contribution in [2.45, 2.75) is 11.8 Å². The molecule has 0 saturated carbocycles. The van der Waals surface area contributed by atoms with E-state index in [-0.39, 0.29) is 18.0 Å². The summed E-state index contributed by atoms with van der Waals surface area (Å²) in [5.41, 5.74) is 5.91. The molecule has 17 heavy (non-hydrogen) atoms. The van der Waals surface area contributed by atoms with Crippen LogP contribution in [-0.2, 0) is 19.6 Å². The summed E-state index contributed by atoms with van der Waals surface area (Å²) in [5, 5.41) is 0. The number of ether oxygens (including phenoxy) is 1. The zero-order valence-electron chi connectivity index (χ0n) is 9.34. The molecule has 1 aromatic rings. The first-order chi connectivity index (χ1) is 7.95. The number of anilines is 1. The average molecular weight is 258 g/mol. The monoisotopic (exact) mass is 258 g/mol. The third-order valence-corrected chi connectivity index (χ3v) is 3.32. The van der Waals surface area contributed by atoms with E-state index in [0.717, 1.165) is 0 Å². The Morgan fingerprint density at radius 3 is 2.47 bits per heavy atom. The molecule has 1 rings (SSSR count). The normalized spacial score (nSPS) is 11.1. The Hall–Kier alpha value is -1.60. The lowest BCUT2D eigenvalue weighted by molar-refractivity contribution is -0.141. The van der Waals surface area contributed by atoms with E-state index in [1.54, 1.807) is 6.92 Å². The Kier molecular flexibility index (Phi) is 4.47. The minimum atomic E-state index is -3.70. The number of esters is 1. The summed E-state index contributed by atoms with van der Waals surface area (Å²) in [6, 6.07) is 5.67. The lowest BCUT2D eigenvalue weighted by Gasteiger charge is -2.06. The number of carbonyl (C=O) groups is 1. The lowest BCUT2D eigenvalue weighted by Crippen LogP contribution is -2.30. The SMILES string of the molecule is CCOC(=O)CNS(=O)(=O)c1ccc(N)cc1. The van der Waals surface area contributed by atoms with Gasteiger partial charge in [0, 0.05) is 5.69 Å². The highest BCUT2D eigenvalue weighted by Gasteiger charge is 2.15. The molecule has 0 unspecified atom stereocenters. The van der Waals surface area contributed by atoms with Crippen LogP contribution in [0.25, 0.3) is 0 Å². The van der Waals surface area contributed by atoms with Gasteiger partial charge in [0.05, 0.1) is 11.5 Å². The number of benzene rings is 1. The molecule has 3 N–H and O–H groups in total. The van der Waals surface area contributed by atoms with Gasteiger partial charge in [-0.1, -0.05) is 0 Å². The molecule has 6 nitrogen and oxygen atoms in total. The largest absolute Gasteiger partial charge is 0.465 e. The number of nitrogen functional groups attached to an aromatic ring is 1. The molecule has 0 aliphatic heterocycles. The van der Waals surface area contributed by atoms with Gasteiger partial charge in [0.2, 0.25) is 10.0 Å². The van der Waals surface area contributed by atoms with E-state index < -0.39 is 16.0 Å². The molecule has 0 fully saturated rings. The van der Waals surface area contributed by atoms with Crippen LogP contribution in [0.1, 0.15) is 6.92 Å². The summed E-state index contributed by atoms with van der Waals surface area (Å²) in [6.45, 7) is 1.47. The molecule has 0 atom stereocenters. The highest BCUT2D eigenvalue weighted by Crippen LogP contribution is 2.10. The summed E-state index contributed by atoms with van der Waals surface area (Å²) >= 11 is 0. The number of sulfonamides is 1. The van der Waals surface area contributed by atoms with Crippen molar-refractivity contribution in [3.63, 3.8) is 0 Å². The van der Waals surface area contributed by atoms with E-state index in [4.69, 9.17) is 5.73 Å². The average Bonchev–Trinajstić information content (AvgIpc) is 2.28. The second kappa shape index (κ2) is 5.65. The number of hydrogen-bond acceptors (Lipinski definition) is 5. The van der Waals surface area contributed by atoms with Crippen molar-refractivity contribution in [1.29, 1.82) is 0 Å². The summed E-state index contributed by atoms with van der Waals surface area (Å²) < 4.78 is 30.1. The van der Waals surface area contributed by atoms with Gasteiger partial charge in [-0.3, -0.25) is 4.79 Å². The summed E-state index contributed by atoms with van der Waals surface area (Å²) in [5.74, 6) is -0.619. The molecule has 0 spiro atoms. The van der Waals surface area contributed by atoms with Gasteiger partial charge in [0.1, 0.15) is 6.54 Å². The molecule has 0 aliphatic carbocycles. The predicted molar refractivity (Wildman–Crippen MR) is 62.7 cm³/mol. The zero-order valence-corrected chi connectivity index (χ0v) is 10.2. The van der Waals surface area contributed by atoms with Gasteiger partial charge in [0.15, 0.2) is 0 Å². The van der Waals surface area contributed by atoms with Crippen molar-refractivity contribution in [3.8, 4) is 0 Å². The van der Waals surface area contributed by atoms with Gasteiger partial charge in [-0.15, -0.1) is 0 Å². The van der Waals surface area contributed by atoms with Crippen LogP contribution < -0.4 is 10.5 Å². The van der Waals surface area contributed by atoms with Gasteiger partial charge in [-0.2, -0.15) is 4.72 Å². The third kappa shape index (κ3) is 4.04. The Labute approximate surface area is 99.8 Å². The van der Waals surface area contributed by atoms with Crippen LogP contribution in [-0.4, -0.2) is 27.5 Å². The molecule has 94 valence electrons. The number of nitrogens with two attached hydrogens (primary N) is 1. The van der Waals surface area contributed by atoms with Crippen LogP contribution in [0, 0.1) is 0 Å². The molecule has 0 bridgehead atoms. The fourth-order valence-electron chi connectivity index (χ4n) is 1.10. The van der Waals surface area contributed by atoms with E-state index in [1.165, 1.54) is 24.3 Å². The molecule has 0 saturated heterocycles. The van der Waals surface area contributed by atoms with Crippen LogP contribution in [0.3, 0.4) is 0 Å². The summed E-state index contributed by atoms with van der Waals surface area (Å²) in [4.78, 5) is 11.1. The van der Waals surface area contributed by atoms with E-state index in [0.29, 0.717) is 5.69 Å². The minimum absolute atomic E-state index is 0.0519. The highest BCUT2D eigenvalue weighted by molar-refractivity contribution is 7.89. The maximum atomic E-state index is 11.7. The topological polar surface area (TPSA) is 98.5 Å². The van der Waals surface area contributed by atoms with E-state index >= 15 is 0 Å². The Bertz CT molecular complexity index is 482. The number of nitrogens with one attached hydrogen (secondary N) is 1. The molecule has 0 amide bonds. The molecule has 0 heterocycles. The Morgan fingerprint density at radius 1 is 1.35 bits per heavy atom. The van der Waals surface area contributed by atoms with Gasteiger partial charge in [0.25, 0.3) is 0 Å². The van der Waals surface area contributed by atoms with Crippen molar-refractivity contribution >= 4 is 21.7 Å². The Morgan fingerprint density at radius 2 is 1.94 bits per heavy atom. The van der Waals surface area contributed by atoms with Crippen molar-refractivity contribution < 1.29 is 17.9 Å². The van der Waals surface area contributed by atoms with Crippen LogP contribution in [0.2, 0.25) is 0 Å². The summed E-state index contributed by atoms with van der Waals surface area (Å²) in [7, 11) is -3.70. The van der Waals surface area contributed by atoms with Gasteiger partial charge in [-0.25, -0.2) is 8.42 Å². The number of carbonyl (C=O) groups excluding carboxylic acids is 1. The molecular formula is C10H14N2O4S. The molecule has 1 aromatic carbocycles. The minimum Gasteiger partial charge on any atom is -0.465 e. The maximum absolute atomic E-state index is 11.7. The molecule has 0 aliphatic rings. The molecule has 0 radical (unpaired) electrons. The standard InChI is InChI=1S/C10H14N2O4S/c1-2-16-10(13)7-12-17(14,15)9-5-3-8(11)4-6-9/h3-6,12H,2,7,11H2,1H3. The van der Waals surface area contributed by atoms with Gasteiger partial charge in [-0.05, 0) is 31.2 Å². The first-order valence-corrected chi connectivity index (χ1v) is 6.45. The van der Waals surface area contributed by atoms with Crippen molar-refractivity contribution in [2.75, 3.05) is 18.9 Å². The Balaban J connectivity index is 2.69. The molecule has 7 heteroatoms. The van der Waals surface area contributed by atoms with Crippen molar-refractivity contribution in [1.82, 2.24) is 4.72 Å². The van der Waals surface area contributed by atoms with Crippen LogP contribution >= 0.6 is 0 Å². The van der Waals surface area contributed by atoms with E-state index in [1.807, 2.05) is 0 Å². The van der Waals surface area contributed by atoms with Crippen LogP contribution in [0.5, 0.6) is 0 Å². The van der Waals surface area contributed by atoms with Crippen LogP contribution in [0.15, 0.2) is 29.2 Å². The fourth-order valence-corrected chi connectivity index (χ4v) is 2.07. The van der Waals surface area contributed by atoms with Gasteiger partial charge < -0.3 is 10.5 Å². The number of hydrogen-bond donors (Lipinski definition) is 2. The molecule has 0 aromatic heterocycles. The first-order valence-electron chi connectivity index (χ1n) is 4.96. The third-order valence-electron chi connectivity index (χ3n) is 1.90. The number of rotatable bonds is 5. The second-order valence-electron chi connectivity index (χ2n) is 3.20. The van der Waals surface area contributed by atoms with Crippen molar-refractivity contribution in [2.24, 2.45) is 0 Å². The lowest BCUT2D eigenvalue weighted by atomic mass is 10.3. The summed E-state index contributed by atoms with van der Waals surface area (Å²) in [6.07, 6.45) is 0. The zero-order chi connectivity index (χ0) is 12.9. The van der Waals surface area contributed by atoms with E-state index in [9.17, 15) is 13.2 Å². The van der Waals surface area contributed by atoms with E-state index in [2.05, 4.69) is 9.46 Å². The molecular weight excluding hydrogens is 244 g/mol. The quantitative estimate of drug-likeness (QED) is 0.577. The van der Waals surface area contributed by atoms with Crippen LogP contribution in [0.4, 0.5) is 5.69 Å².